The molecular formula is C18H28O7. The minimum atomic E-state index is -1.60. The molecule has 25 heavy (non-hydrogen) atoms. The van der Waals surface area contributed by atoms with Crippen LogP contribution in [0.25, 0.3) is 0 Å². The van der Waals surface area contributed by atoms with E-state index in [4.69, 9.17) is 19.3 Å². The van der Waals surface area contributed by atoms with Gasteiger partial charge in [-0.2, -0.15) is 0 Å². The second-order valence-corrected chi connectivity index (χ2v) is 6.42. The third-order valence-corrected chi connectivity index (χ3v) is 3.99. The van der Waals surface area contributed by atoms with Gasteiger partial charge in [-0.15, -0.1) is 0 Å². The number of aliphatic carboxylic acids is 1. The quantitative estimate of drug-likeness (QED) is 0.234. The normalized spacial score (nSPS) is 18.1. The number of carbonyl (C=O) groups excluding carboxylic acids is 2. The second-order valence-electron chi connectivity index (χ2n) is 6.42. The lowest BCUT2D eigenvalue weighted by Crippen LogP contribution is -2.45. The molecule has 7 heteroatoms. The average Bonchev–Trinajstić information content (AvgIpc) is 3.38. The van der Waals surface area contributed by atoms with Crippen molar-refractivity contribution in [1.29, 1.82) is 0 Å². The summed E-state index contributed by atoms with van der Waals surface area (Å²) in [5, 5.41) is 9.01. The van der Waals surface area contributed by atoms with Gasteiger partial charge in [-0.3, -0.25) is 4.79 Å². The molecule has 1 saturated heterocycles. The molecule has 1 aliphatic rings. The van der Waals surface area contributed by atoms with Gasteiger partial charge in [0.15, 0.2) is 0 Å². The number of unbranched alkanes of at least 4 members (excludes halogenated alkanes) is 3. The molecule has 0 bridgehead atoms. The van der Waals surface area contributed by atoms with E-state index in [2.05, 4.69) is 13.5 Å². The number of hydrogen-bond donors (Lipinski definition) is 1. The Morgan fingerprint density at radius 2 is 1.92 bits per heavy atom. The monoisotopic (exact) mass is 356 g/mol. The molecule has 0 spiro atoms. The van der Waals surface area contributed by atoms with Crippen LogP contribution < -0.4 is 0 Å². The van der Waals surface area contributed by atoms with Gasteiger partial charge < -0.3 is 19.3 Å². The Morgan fingerprint density at radius 1 is 1.24 bits per heavy atom. The van der Waals surface area contributed by atoms with Gasteiger partial charge in [0.2, 0.25) is 5.60 Å². The van der Waals surface area contributed by atoms with Gasteiger partial charge >= 0.3 is 17.9 Å². The van der Waals surface area contributed by atoms with Gasteiger partial charge in [0.05, 0.1) is 6.61 Å². The first-order chi connectivity index (χ1) is 11.8. The summed E-state index contributed by atoms with van der Waals surface area (Å²) in [6, 6.07) is 0. The zero-order valence-corrected chi connectivity index (χ0v) is 15.0. The fourth-order valence-corrected chi connectivity index (χ4v) is 2.35. The van der Waals surface area contributed by atoms with E-state index in [1.807, 2.05) is 0 Å². The van der Waals surface area contributed by atoms with E-state index in [1.165, 1.54) is 6.92 Å². The van der Waals surface area contributed by atoms with Gasteiger partial charge in [0.1, 0.15) is 12.7 Å². The number of carbonyl (C=O) groups is 3. The minimum absolute atomic E-state index is 0.0766. The van der Waals surface area contributed by atoms with E-state index >= 15 is 0 Å². The maximum atomic E-state index is 12.7. The first-order valence-electron chi connectivity index (χ1n) is 8.70. The third kappa shape index (κ3) is 7.69. The standard InChI is InChI=1S/C18H28O7/c1-4-5-6-7-9-18(10-8-15(19)20,25-16(21)13(2)3)17(22)24-12-14-11-23-14/h14H,2,4-12H2,1,3H3,(H,19,20). The Balaban J connectivity index is 2.90. The molecule has 0 aliphatic carbocycles. The third-order valence-electron chi connectivity index (χ3n) is 3.99. The van der Waals surface area contributed by atoms with Crippen molar-refractivity contribution in [2.24, 2.45) is 0 Å². The summed E-state index contributed by atoms with van der Waals surface area (Å²) in [4.78, 5) is 35.7. The van der Waals surface area contributed by atoms with Crippen LogP contribution in [-0.2, 0) is 28.6 Å². The summed E-state index contributed by atoms with van der Waals surface area (Å²) in [6.45, 7) is 7.66. The lowest BCUT2D eigenvalue weighted by Gasteiger charge is -2.31. The Labute approximate surface area is 148 Å². The van der Waals surface area contributed by atoms with Crippen molar-refractivity contribution in [3.8, 4) is 0 Å². The van der Waals surface area contributed by atoms with E-state index in [1.54, 1.807) is 0 Å². The van der Waals surface area contributed by atoms with Crippen molar-refractivity contribution in [3.63, 3.8) is 0 Å². The fraction of sp³-hybridized carbons (Fsp3) is 0.722. The highest BCUT2D eigenvalue weighted by atomic mass is 16.6. The van der Waals surface area contributed by atoms with Crippen molar-refractivity contribution in [2.45, 2.75) is 70.5 Å². The number of carboxylic acids is 1. The zero-order valence-electron chi connectivity index (χ0n) is 15.0. The van der Waals surface area contributed by atoms with E-state index in [9.17, 15) is 14.4 Å². The molecule has 2 atom stereocenters. The number of epoxide rings is 1. The Morgan fingerprint density at radius 3 is 2.44 bits per heavy atom. The van der Waals surface area contributed by atoms with Crippen LogP contribution in [0, 0.1) is 0 Å². The molecule has 7 nitrogen and oxygen atoms in total. The molecule has 0 radical (unpaired) electrons. The van der Waals surface area contributed by atoms with Crippen LogP contribution in [0.3, 0.4) is 0 Å². The van der Waals surface area contributed by atoms with E-state index in [0.29, 0.717) is 13.0 Å². The van der Waals surface area contributed by atoms with Crippen LogP contribution in [0.1, 0.15) is 58.8 Å². The smallest absolute Gasteiger partial charge is 0.350 e. The van der Waals surface area contributed by atoms with Crippen molar-refractivity contribution < 1.29 is 33.7 Å². The number of rotatable bonds is 13. The molecule has 1 aliphatic heterocycles. The minimum Gasteiger partial charge on any atom is -0.481 e. The van der Waals surface area contributed by atoms with Crippen LogP contribution >= 0.6 is 0 Å². The van der Waals surface area contributed by atoms with E-state index in [-0.39, 0.29) is 37.5 Å². The maximum absolute atomic E-state index is 12.7. The average molecular weight is 356 g/mol. The highest BCUT2D eigenvalue weighted by molar-refractivity contribution is 5.91. The van der Waals surface area contributed by atoms with Crippen molar-refractivity contribution in [1.82, 2.24) is 0 Å². The van der Waals surface area contributed by atoms with Crippen molar-refractivity contribution in [3.05, 3.63) is 12.2 Å². The summed E-state index contributed by atoms with van der Waals surface area (Å²) < 4.78 is 15.7. The van der Waals surface area contributed by atoms with Gasteiger partial charge in [-0.25, -0.2) is 9.59 Å². The molecule has 1 heterocycles. The van der Waals surface area contributed by atoms with E-state index in [0.717, 1.165) is 19.3 Å². The molecule has 1 fully saturated rings. The predicted molar refractivity (Wildman–Crippen MR) is 90.0 cm³/mol. The van der Waals surface area contributed by atoms with Gasteiger partial charge in [0.25, 0.3) is 0 Å². The number of carboxylic acid groups (broad SMARTS) is 1. The summed E-state index contributed by atoms with van der Waals surface area (Å²) in [5.41, 5.74) is -1.46. The summed E-state index contributed by atoms with van der Waals surface area (Å²) in [7, 11) is 0. The van der Waals surface area contributed by atoms with Crippen LogP contribution in [0.4, 0.5) is 0 Å². The first-order valence-corrected chi connectivity index (χ1v) is 8.70. The Hall–Kier alpha value is -1.89. The summed E-state index contributed by atoms with van der Waals surface area (Å²) in [6.07, 6.45) is 3.15. The molecule has 0 aromatic rings. The highest BCUT2D eigenvalue weighted by Crippen LogP contribution is 2.29. The highest BCUT2D eigenvalue weighted by Gasteiger charge is 2.44. The van der Waals surface area contributed by atoms with Crippen LogP contribution in [-0.4, -0.2) is 47.9 Å². The van der Waals surface area contributed by atoms with E-state index < -0.39 is 23.5 Å². The van der Waals surface area contributed by atoms with Gasteiger partial charge in [0, 0.05) is 18.4 Å². The molecule has 0 amide bonds. The molecule has 0 aromatic heterocycles. The Kier molecular flexibility index (Phi) is 8.61. The summed E-state index contributed by atoms with van der Waals surface area (Å²) in [5.74, 6) is -2.50. The first kappa shape index (κ1) is 21.2. The van der Waals surface area contributed by atoms with Gasteiger partial charge in [-0.05, 0) is 19.8 Å². The zero-order chi connectivity index (χ0) is 18.9. The number of ether oxygens (including phenoxy) is 3. The molecular weight excluding hydrogens is 328 g/mol. The molecule has 142 valence electrons. The second kappa shape index (κ2) is 10.2. The van der Waals surface area contributed by atoms with Crippen LogP contribution in [0.15, 0.2) is 12.2 Å². The van der Waals surface area contributed by atoms with Crippen molar-refractivity contribution in [2.75, 3.05) is 13.2 Å². The maximum Gasteiger partial charge on any atom is 0.350 e. The largest absolute Gasteiger partial charge is 0.481 e. The number of esters is 2. The molecule has 0 saturated carbocycles. The molecule has 0 aromatic carbocycles. The molecule has 1 rings (SSSR count). The van der Waals surface area contributed by atoms with Crippen LogP contribution in [0.5, 0.6) is 0 Å². The lowest BCUT2D eigenvalue weighted by atomic mass is 9.90. The summed E-state index contributed by atoms with van der Waals surface area (Å²) >= 11 is 0. The van der Waals surface area contributed by atoms with Gasteiger partial charge in [-0.1, -0.05) is 32.8 Å². The fourth-order valence-electron chi connectivity index (χ4n) is 2.35. The topological polar surface area (TPSA) is 102 Å². The molecule has 2 unspecified atom stereocenters. The van der Waals surface area contributed by atoms with Crippen LogP contribution in [0.2, 0.25) is 0 Å². The van der Waals surface area contributed by atoms with Crippen molar-refractivity contribution >= 4 is 17.9 Å². The molecule has 1 N–H and O–H groups in total. The Bertz CT molecular complexity index is 496. The SMILES string of the molecule is C=C(C)C(=O)OC(CCCCCC)(CCC(=O)O)C(=O)OCC1CO1. The number of hydrogen-bond acceptors (Lipinski definition) is 6. The predicted octanol–water partition coefficient (Wildman–Crippen LogP) is 2.62. The lowest BCUT2D eigenvalue weighted by molar-refractivity contribution is -0.183.